The van der Waals surface area contributed by atoms with Gasteiger partial charge in [0.25, 0.3) is 0 Å². The van der Waals surface area contributed by atoms with Crippen LogP contribution in [0.4, 0.5) is 0 Å². The second-order valence-electron chi connectivity index (χ2n) is 4.54. The van der Waals surface area contributed by atoms with Gasteiger partial charge in [-0.25, -0.2) is 0 Å². The minimum atomic E-state index is -0.167. The molecule has 0 bridgehead atoms. The Hall–Kier alpha value is -0.410. The molecule has 0 rings (SSSR count). The molecule has 0 aromatic heterocycles. The van der Waals surface area contributed by atoms with Gasteiger partial charge in [-0.1, -0.05) is 13.8 Å². The highest BCUT2D eigenvalue weighted by molar-refractivity contribution is 5.81. The lowest BCUT2D eigenvalue weighted by atomic mass is 10.0. The fraction of sp³-hybridized carbons (Fsp3) is 0.917. The van der Waals surface area contributed by atoms with Crippen molar-refractivity contribution in [3.8, 4) is 0 Å². The fourth-order valence-corrected chi connectivity index (χ4v) is 0.963. The van der Waals surface area contributed by atoms with Gasteiger partial charge in [0.15, 0.2) is 5.78 Å². The third-order valence-corrected chi connectivity index (χ3v) is 2.81. The van der Waals surface area contributed by atoms with E-state index in [1.54, 1.807) is 7.11 Å². The number of hydrogen-bond donors (Lipinski definition) is 0. The van der Waals surface area contributed by atoms with Crippen molar-refractivity contribution in [2.24, 2.45) is 5.92 Å². The smallest absolute Gasteiger partial charge is 0.161 e. The maximum absolute atomic E-state index is 11.4. The van der Waals surface area contributed by atoms with Crippen LogP contribution in [0.2, 0.25) is 0 Å². The van der Waals surface area contributed by atoms with Crippen LogP contribution < -0.4 is 0 Å². The number of ether oxygens (including phenoxy) is 2. The molecule has 0 N–H and O–H groups in total. The molecule has 0 spiro atoms. The van der Waals surface area contributed by atoms with E-state index in [2.05, 4.69) is 0 Å². The summed E-state index contributed by atoms with van der Waals surface area (Å²) >= 11 is 0. The average Bonchev–Trinajstić information content (AvgIpc) is 2.22. The molecule has 0 radical (unpaired) electrons. The number of Topliss-reactive ketones (excluding diaryl/α,β-unsaturated/α-hetero) is 1. The highest BCUT2D eigenvalue weighted by atomic mass is 16.5. The molecule has 0 aromatic carbocycles. The normalized spacial score (nSPS) is 13.9. The van der Waals surface area contributed by atoms with E-state index < -0.39 is 0 Å². The predicted molar refractivity (Wildman–Crippen MR) is 61.0 cm³/mol. The van der Waals surface area contributed by atoms with Gasteiger partial charge in [-0.15, -0.1) is 0 Å². The zero-order chi connectivity index (χ0) is 11.9. The van der Waals surface area contributed by atoms with E-state index in [1.165, 1.54) is 0 Å². The molecule has 0 fully saturated rings. The van der Waals surface area contributed by atoms with Crippen molar-refractivity contribution in [3.63, 3.8) is 0 Å². The summed E-state index contributed by atoms with van der Waals surface area (Å²) in [6.45, 7) is 8.76. The van der Waals surface area contributed by atoms with Crippen molar-refractivity contribution < 1.29 is 14.3 Å². The highest BCUT2D eigenvalue weighted by Crippen LogP contribution is 2.12. The number of methoxy groups -OCH3 is 1. The Bertz CT molecular complexity index is 187. The number of rotatable bonds is 8. The van der Waals surface area contributed by atoms with Crippen LogP contribution in [0.5, 0.6) is 0 Å². The van der Waals surface area contributed by atoms with E-state index in [1.807, 2.05) is 27.7 Å². The predicted octanol–water partition coefficient (Wildman–Crippen LogP) is 2.43. The molecule has 0 aliphatic rings. The third-order valence-electron chi connectivity index (χ3n) is 2.81. The van der Waals surface area contributed by atoms with Crippen molar-refractivity contribution in [2.75, 3.05) is 20.3 Å². The number of hydrogen-bond acceptors (Lipinski definition) is 3. The van der Waals surface area contributed by atoms with E-state index in [4.69, 9.17) is 9.47 Å². The Balaban J connectivity index is 3.59. The quantitative estimate of drug-likeness (QED) is 0.585. The number of ketones is 1. The van der Waals surface area contributed by atoms with E-state index in [0.29, 0.717) is 6.61 Å². The van der Waals surface area contributed by atoms with Gasteiger partial charge in [0.1, 0.15) is 6.61 Å². The van der Waals surface area contributed by atoms with Crippen LogP contribution in [-0.2, 0) is 14.3 Å². The molecule has 0 aliphatic heterocycles. The standard InChI is InChI=1S/C12H24O3/c1-6-10(2)11(13)9-15-8-7-12(3,4)14-5/h10H,6-9H2,1-5H3. The van der Waals surface area contributed by atoms with Crippen LogP contribution in [0.3, 0.4) is 0 Å². The van der Waals surface area contributed by atoms with Gasteiger partial charge in [-0.3, -0.25) is 4.79 Å². The molecule has 0 saturated carbocycles. The van der Waals surface area contributed by atoms with Gasteiger partial charge in [0, 0.05) is 19.6 Å². The minimum absolute atomic E-state index is 0.112. The van der Waals surface area contributed by atoms with Crippen LogP contribution in [0.25, 0.3) is 0 Å². The Morgan fingerprint density at radius 3 is 2.47 bits per heavy atom. The number of carbonyl (C=O) groups excluding carboxylic acids is 1. The minimum Gasteiger partial charge on any atom is -0.379 e. The summed E-state index contributed by atoms with van der Waals surface area (Å²) < 4.78 is 10.6. The third kappa shape index (κ3) is 6.63. The number of carbonyl (C=O) groups is 1. The monoisotopic (exact) mass is 216 g/mol. The maximum atomic E-state index is 11.4. The molecule has 15 heavy (non-hydrogen) atoms. The lowest BCUT2D eigenvalue weighted by molar-refractivity contribution is -0.127. The maximum Gasteiger partial charge on any atom is 0.161 e. The topological polar surface area (TPSA) is 35.5 Å². The molecule has 1 unspecified atom stereocenters. The van der Waals surface area contributed by atoms with E-state index in [9.17, 15) is 4.79 Å². The first-order valence-electron chi connectivity index (χ1n) is 5.58. The summed E-state index contributed by atoms with van der Waals surface area (Å²) in [7, 11) is 1.68. The highest BCUT2D eigenvalue weighted by Gasteiger charge is 2.16. The van der Waals surface area contributed by atoms with Crippen molar-refractivity contribution in [1.29, 1.82) is 0 Å². The molecule has 0 aliphatic carbocycles. The van der Waals surface area contributed by atoms with E-state index in [0.717, 1.165) is 12.8 Å². The molecular weight excluding hydrogens is 192 g/mol. The fourth-order valence-electron chi connectivity index (χ4n) is 0.963. The van der Waals surface area contributed by atoms with Gasteiger partial charge in [-0.2, -0.15) is 0 Å². The Morgan fingerprint density at radius 2 is 2.00 bits per heavy atom. The lowest BCUT2D eigenvalue weighted by Crippen LogP contribution is -2.25. The first kappa shape index (κ1) is 14.6. The van der Waals surface area contributed by atoms with Gasteiger partial charge in [0.2, 0.25) is 0 Å². The molecule has 1 atom stereocenters. The van der Waals surface area contributed by atoms with Crippen LogP contribution in [0.15, 0.2) is 0 Å². The van der Waals surface area contributed by atoms with Crippen LogP contribution >= 0.6 is 0 Å². The second-order valence-corrected chi connectivity index (χ2v) is 4.54. The van der Waals surface area contributed by atoms with Gasteiger partial charge < -0.3 is 9.47 Å². The average molecular weight is 216 g/mol. The first-order valence-corrected chi connectivity index (χ1v) is 5.58. The van der Waals surface area contributed by atoms with Crippen molar-refractivity contribution in [3.05, 3.63) is 0 Å². The molecular formula is C12H24O3. The van der Waals surface area contributed by atoms with Crippen molar-refractivity contribution in [1.82, 2.24) is 0 Å². The molecule has 0 amide bonds. The molecule has 3 nitrogen and oxygen atoms in total. The molecule has 0 saturated heterocycles. The molecule has 3 heteroatoms. The first-order chi connectivity index (χ1) is 6.93. The summed E-state index contributed by atoms with van der Waals surface area (Å²) in [5, 5.41) is 0. The van der Waals surface area contributed by atoms with Crippen LogP contribution in [-0.4, -0.2) is 31.7 Å². The Labute approximate surface area is 93.1 Å². The Kier molecular flexibility index (Phi) is 6.77. The molecule has 0 heterocycles. The second kappa shape index (κ2) is 6.96. The van der Waals surface area contributed by atoms with Gasteiger partial charge in [-0.05, 0) is 26.7 Å². The summed E-state index contributed by atoms with van der Waals surface area (Å²) in [5.74, 6) is 0.299. The summed E-state index contributed by atoms with van der Waals surface area (Å²) in [6.07, 6.45) is 1.68. The zero-order valence-electron chi connectivity index (χ0n) is 10.6. The van der Waals surface area contributed by atoms with Crippen molar-refractivity contribution in [2.45, 2.75) is 46.1 Å². The van der Waals surface area contributed by atoms with Gasteiger partial charge in [0.05, 0.1) is 5.60 Å². The van der Waals surface area contributed by atoms with E-state index in [-0.39, 0.29) is 23.9 Å². The molecule has 0 aromatic rings. The van der Waals surface area contributed by atoms with Crippen LogP contribution in [0.1, 0.15) is 40.5 Å². The van der Waals surface area contributed by atoms with E-state index >= 15 is 0 Å². The summed E-state index contributed by atoms with van der Waals surface area (Å²) in [5.41, 5.74) is -0.167. The SMILES string of the molecule is CCC(C)C(=O)COCCC(C)(C)OC. The lowest BCUT2D eigenvalue weighted by Gasteiger charge is -2.22. The molecule has 90 valence electrons. The Morgan fingerprint density at radius 1 is 1.40 bits per heavy atom. The largest absolute Gasteiger partial charge is 0.379 e. The van der Waals surface area contributed by atoms with Crippen LogP contribution in [0, 0.1) is 5.92 Å². The summed E-state index contributed by atoms with van der Waals surface area (Å²) in [4.78, 5) is 11.4. The zero-order valence-corrected chi connectivity index (χ0v) is 10.6. The van der Waals surface area contributed by atoms with Crippen molar-refractivity contribution >= 4 is 5.78 Å². The summed E-state index contributed by atoms with van der Waals surface area (Å²) in [6, 6.07) is 0. The van der Waals surface area contributed by atoms with Gasteiger partial charge >= 0.3 is 0 Å².